The largest absolute Gasteiger partial charge is 0.504 e. The van der Waals surface area contributed by atoms with Crippen LogP contribution in [0.5, 0.6) is 86.2 Å². The Hall–Kier alpha value is -9.59. The van der Waals surface area contributed by atoms with E-state index in [1.54, 1.807) is 0 Å². The normalized spacial score (nSPS) is 17.7. The Morgan fingerprint density at radius 2 is 0.582 bits per heavy atom. The number of benzene rings is 5. The molecule has 1 heterocycles. The number of phenols is 15. The zero-order valence-electron chi connectivity index (χ0n) is 33.1. The third-order valence-electron chi connectivity index (χ3n) is 9.45. The van der Waals surface area contributed by atoms with Crippen LogP contribution in [-0.4, -0.2) is 144 Å². The lowest BCUT2D eigenvalue weighted by Crippen LogP contribution is -2.63. The summed E-state index contributed by atoms with van der Waals surface area (Å²) < 4.78 is 33.2. The number of rotatable bonds is 11. The molecule has 0 spiro atoms. The van der Waals surface area contributed by atoms with Crippen molar-refractivity contribution >= 4 is 29.8 Å². The molecule has 0 saturated carbocycles. The fourth-order valence-electron chi connectivity index (χ4n) is 6.11. The molecule has 1 aliphatic heterocycles. The highest BCUT2D eigenvalue weighted by molar-refractivity contribution is 5.94. The van der Waals surface area contributed by atoms with Gasteiger partial charge in [0, 0.05) is 0 Å². The fourth-order valence-corrected chi connectivity index (χ4v) is 6.11. The van der Waals surface area contributed by atoms with Crippen LogP contribution in [0.2, 0.25) is 0 Å². The molecule has 26 heteroatoms. The molecule has 5 atom stereocenters. The van der Waals surface area contributed by atoms with Gasteiger partial charge in [-0.25, -0.2) is 24.0 Å². The minimum Gasteiger partial charge on any atom is -0.504 e. The van der Waals surface area contributed by atoms with Gasteiger partial charge in [0.05, 0.1) is 27.8 Å². The predicted molar refractivity (Wildman–Crippen MR) is 209 cm³/mol. The van der Waals surface area contributed by atoms with Crippen LogP contribution in [0.15, 0.2) is 60.7 Å². The summed E-state index contributed by atoms with van der Waals surface area (Å²) in [6.45, 7) is -1.25. The molecule has 0 bridgehead atoms. The second kappa shape index (κ2) is 18.3. The Bertz CT molecular complexity index is 2720. The van der Waals surface area contributed by atoms with Gasteiger partial charge in [-0.2, -0.15) is 0 Å². The van der Waals surface area contributed by atoms with Crippen LogP contribution in [-0.2, 0) is 28.4 Å². The number of phenolic OH excluding ortho intramolecular Hbond substituents is 15. The summed E-state index contributed by atoms with van der Waals surface area (Å²) in [6.07, 6.45) is -12.2. The first-order chi connectivity index (χ1) is 31.4. The van der Waals surface area contributed by atoms with Gasteiger partial charge in [0.2, 0.25) is 12.4 Å². The molecule has 5 aromatic rings. The van der Waals surface area contributed by atoms with Gasteiger partial charge in [0.25, 0.3) is 0 Å². The lowest BCUT2D eigenvalue weighted by molar-refractivity contribution is -0.282. The van der Waals surface area contributed by atoms with Crippen molar-refractivity contribution in [1.82, 2.24) is 0 Å². The van der Waals surface area contributed by atoms with Crippen molar-refractivity contribution in [3.05, 3.63) is 88.5 Å². The third-order valence-corrected chi connectivity index (χ3v) is 9.45. The third kappa shape index (κ3) is 9.67. The summed E-state index contributed by atoms with van der Waals surface area (Å²) in [5.74, 6) is -24.5. The molecule has 5 aromatic carbocycles. The fraction of sp³-hybridized carbons (Fsp3) is 0.146. The summed E-state index contributed by atoms with van der Waals surface area (Å²) in [4.78, 5) is 68.5. The summed E-state index contributed by atoms with van der Waals surface area (Å²) in [7, 11) is 0. The average Bonchev–Trinajstić information content (AvgIpc) is 3.27. The smallest absolute Gasteiger partial charge is 0.340 e. The Morgan fingerprint density at radius 3 is 0.881 bits per heavy atom. The van der Waals surface area contributed by atoms with Crippen LogP contribution >= 0.6 is 0 Å². The minimum absolute atomic E-state index is 0.534. The molecule has 3 unspecified atom stereocenters. The summed E-state index contributed by atoms with van der Waals surface area (Å²) >= 11 is 0. The van der Waals surface area contributed by atoms with Gasteiger partial charge in [-0.3, -0.25) is 0 Å². The second-order valence-electron chi connectivity index (χ2n) is 14.0. The Kier molecular flexibility index (Phi) is 12.8. The van der Waals surface area contributed by atoms with E-state index in [1.165, 1.54) is 0 Å². The Labute approximate surface area is 370 Å². The number of hydrogen-bond donors (Lipinski definition) is 15. The van der Waals surface area contributed by atoms with Gasteiger partial charge in [0.15, 0.2) is 98.5 Å². The zero-order valence-corrected chi connectivity index (χ0v) is 33.1. The van der Waals surface area contributed by atoms with Crippen molar-refractivity contribution in [2.24, 2.45) is 0 Å². The highest BCUT2D eigenvalue weighted by Crippen LogP contribution is 2.41. The monoisotopic (exact) mass is 940 g/mol. The molecule has 6 rings (SSSR count). The van der Waals surface area contributed by atoms with Crippen LogP contribution in [0.1, 0.15) is 51.8 Å². The van der Waals surface area contributed by atoms with Crippen molar-refractivity contribution in [3.8, 4) is 86.2 Å². The SMILES string of the molecule is O=C(OCC1O[C@@H](OC(=O)c2cc(O)c(O)c(O)c2)C(OC(=O)c2cc(O)c(O)c(O)c2)C(OC(=O)c2cc(O)c(O)c(O)c2)[C@@H]1OC(=O)c1cc(O)c(O)c(O)c1)c1cc(O)c(O)c(O)c1. The lowest BCUT2D eigenvalue weighted by Gasteiger charge is -2.43. The first-order valence-corrected chi connectivity index (χ1v) is 18.4. The van der Waals surface area contributed by atoms with E-state index in [0.717, 1.165) is 0 Å². The number of carbonyl (C=O) groups excluding carboxylic acids is 5. The molecule has 67 heavy (non-hydrogen) atoms. The summed E-state index contributed by atoms with van der Waals surface area (Å²) in [5.41, 5.74) is -3.88. The highest BCUT2D eigenvalue weighted by Gasteiger charge is 2.55. The molecule has 352 valence electrons. The van der Waals surface area contributed by atoms with E-state index in [-0.39, 0.29) is 0 Å². The number of ether oxygens (including phenoxy) is 6. The Morgan fingerprint density at radius 1 is 0.343 bits per heavy atom. The maximum Gasteiger partial charge on any atom is 0.340 e. The number of carbonyl (C=O) groups is 5. The van der Waals surface area contributed by atoms with Gasteiger partial charge < -0.3 is 105 Å². The van der Waals surface area contributed by atoms with E-state index >= 15 is 0 Å². The first-order valence-electron chi connectivity index (χ1n) is 18.4. The van der Waals surface area contributed by atoms with E-state index in [0.29, 0.717) is 60.7 Å². The van der Waals surface area contributed by atoms with Crippen LogP contribution in [0.25, 0.3) is 0 Å². The molecule has 0 amide bonds. The first kappa shape index (κ1) is 46.9. The van der Waals surface area contributed by atoms with Crippen molar-refractivity contribution < 1.29 is 129 Å². The topological polar surface area (TPSA) is 444 Å². The molecule has 0 radical (unpaired) electrons. The van der Waals surface area contributed by atoms with Gasteiger partial charge in [-0.05, 0) is 60.7 Å². The molecule has 1 fully saturated rings. The standard InChI is InChI=1S/C41H32O26/c42-17-1-12(2-18(43)28(17)52)36(57)62-11-27-33(64-37(58)13-3-19(44)29(53)20(45)4-13)34(65-38(59)14-5-21(46)30(54)22(47)6-14)35(66-39(60)15-7-23(48)31(55)24(49)8-15)41(63-27)67-40(61)16-9-25(50)32(56)26(51)10-16/h1-10,27,33-35,41-56H,11H2/t27?,33-,34?,35?,41+/m1/s1. The van der Waals surface area contributed by atoms with Crippen LogP contribution < -0.4 is 0 Å². The molecule has 15 N–H and O–H groups in total. The van der Waals surface area contributed by atoms with Crippen molar-refractivity contribution in [2.45, 2.75) is 30.7 Å². The molecule has 0 aromatic heterocycles. The summed E-state index contributed by atoms with van der Waals surface area (Å²) in [6, 6.07) is 5.60. The molecular formula is C41H32O26. The molecule has 0 aliphatic carbocycles. The maximum atomic E-state index is 13.9. The lowest BCUT2D eigenvalue weighted by atomic mass is 9.97. The van der Waals surface area contributed by atoms with Crippen LogP contribution in [0, 0.1) is 0 Å². The van der Waals surface area contributed by atoms with Crippen molar-refractivity contribution in [3.63, 3.8) is 0 Å². The average molecular weight is 941 g/mol. The molecular weight excluding hydrogens is 908 g/mol. The maximum absolute atomic E-state index is 13.9. The quantitative estimate of drug-likeness (QED) is 0.0509. The van der Waals surface area contributed by atoms with Gasteiger partial charge in [0.1, 0.15) is 12.7 Å². The van der Waals surface area contributed by atoms with E-state index in [1.807, 2.05) is 0 Å². The van der Waals surface area contributed by atoms with E-state index < -0.39 is 181 Å². The molecule has 1 aliphatic rings. The second-order valence-corrected chi connectivity index (χ2v) is 14.0. The van der Waals surface area contributed by atoms with Crippen molar-refractivity contribution in [1.29, 1.82) is 0 Å². The number of hydrogen-bond acceptors (Lipinski definition) is 26. The highest BCUT2D eigenvalue weighted by atomic mass is 16.7. The molecule has 1 saturated heterocycles. The molecule has 26 nitrogen and oxygen atoms in total. The van der Waals surface area contributed by atoms with E-state index in [9.17, 15) is 101 Å². The van der Waals surface area contributed by atoms with E-state index in [2.05, 4.69) is 0 Å². The predicted octanol–water partition coefficient (Wildman–Crippen LogP) is 1.69. The van der Waals surface area contributed by atoms with Crippen LogP contribution in [0.3, 0.4) is 0 Å². The van der Waals surface area contributed by atoms with Gasteiger partial charge in [-0.15, -0.1) is 0 Å². The zero-order chi connectivity index (χ0) is 49.3. The summed E-state index contributed by atoms with van der Waals surface area (Å²) in [5, 5.41) is 150. The van der Waals surface area contributed by atoms with Gasteiger partial charge >= 0.3 is 29.8 Å². The Balaban J connectivity index is 1.52. The number of esters is 5. The van der Waals surface area contributed by atoms with E-state index in [4.69, 9.17) is 28.4 Å². The number of aromatic hydroxyl groups is 15. The van der Waals surface area contributed by atoms with Crippen molar-refractivity contribution in [2.75, 3.05) is 6.61 Å². The minimum atomic E-state index is -2.56. The van der Waals surface area contributed by atoms with Crippen LogP contribution in [0.4, 0.5) is 0 Å². The van der Waals surface area contributed by atoms with Gasteiger partial charge in [-0.1, -0.05) is 0 Å².